The van der Waals surface area contributed by atoms with E-state index in [0.717, 1.165) is 19.4 Å². The van der Waals surface area contributed by atoms with Crippen molar-refractivity contribution < 1.29 is 4.79 Å². The highest BCUT2D eigenvalue weighted by Crippen LogP contribution is 2.26. The molecule has 1 aliphatic carbocycles. The van der Waals surface area contributed by atoms with E-state index in [1.165, 1.54) is 17.7 Å². The Kier molecular flexibility index (Phi) is 3.41. The molecule has 0 saturated heterocycles. The summed E-state index contributed by atoms with van der Waals surface area (Å²) in [7, 11) is 1.92. The minimum atomic E-state index is 0.301. The number of hydrogen-bond acceptors (Lipinski definition) is 2. The number of nitrogens with zero attached hydrogens (tertiary/aromatic N) is 1. The van der Waals surface area contributed by atoms with Crippen LogP contribution < -0.4 is 0 Å². The van der Waals surface area contributed by atoms with Gasteiger partial charge < -0.3 is 4.90 Å². The van der Waals surface area contributed by atoms with Gasteiger partial charge in [-0.25, -0.2) is 0 Å². The van der Waals surface area contributed by atoms with E-state index in [1.807, 2.05) is 18.0 Å². The Bertz CT molecular complexity index is 314. The van der Waals surface area contributed by atoms with Crippen LogP contribution in [0.1, 0.15) is 30.6 Å². The predicted octanol–water partition coefficient (Wildman–Crippen LogP) is 2.90. The molecule has 0 atom stereocenters. The maximum Gasteiger partial charge on any atom is 0.225 e. The Morgan fingerprint density at radius 3 is 2.87 bits per heavy atom. The molecule has 0 spiro atoms. The fraction of sp³-hybridized carbons (Fsp3) is 0.583. The van der Waals surface area contributed by atoms with Crippen LogP contribution in [0.2, 0.25) is 0 Å². The molecule has 1 aliphatic rings. The first-order chi connectivity index (χ1) is 7.27. The lowest BCUT2D eigenvalue weighted by Gasteiger charge is -2.20. The van der Waals surface area contributed by atoms with E-state index in [2.05, 4.69) is 11.4 Å². The van der Waals surface area contributed by atoms with Gasteiger partial charge in [0.25, 0.3) is 0 Å². The second-order valence-electron chi connectivity index (χ2n) is 4.26. The third kappa shape index (κ3) is 2.59. The Morgan fingerprint density at radius 1 is 1.53 bits per heavy atom. The fourth-order valence-corrected chi connectivity index (χ4v) is 2.96. The highest BCUT2D eigenvalue weighted by molar-refractivity contribution is 7.09. The van der Waals surface area contributed by atoms with Crippen LogP contribution >= 0.6 is 11.3 Å². The van der Waals surface area contributed by atoms with Crippen molar-refractivity contribution in [2.75, 3.05) is 7.05 Å². The van der Waals surface area contributed by atoms with Gasteiger partial charge in [-0.1, -0.05) is 18.9 Å². The van der Waals surface area contributed by atoms with Crippen molar-refractivity contribution in [1.82, 2.24) is 4.90 Å². The molecule has 3 heteroatoms. The Labute approximate surface area is 94.9 Å². The van der Waals surface area contributed by atoms with Gasteiger partial charge in [0.05, 0.1) is 6.54 Å². The topological polar surface area (TPSA) is 20.3 Å². The average molecular weight is 223 g/mol. The Hall–Kier alpha value is -0.830. The molecule has 0 bridgehead atoms. The molecule has 82 valence electrons. The zero-order chi connectivity index (χ0) is 10.7. The Morgan fingerprint density at radius 2 is 2.27 bits per heavy atom. The molecule has 0 aliphatic heterocycles. The number of thiophene rings is 1. The lowest BCUT2D eigenvalue weighted by atomic mass is 10.1. The van der Waals surface area contributed by atoms with Gasteiger partial charge in [-0.2, -0.15) is 0 Å². The van der Waals surface area contributed by atoms with Crippen LogP contribution in [0.15, 0.2) is 17.5 Å². The first-order valence-electron chi connectivity index (χ1n) is 5.55. The average Bonchev–Trinajstić information content (AvgIpc) is 2.88. The molecule has 0 radical (unpaired) electrons. The van der Waals surface area contributed by atoms with Crippen molar-refractivity contribution in [1.29, 1.82) is 0 Å². The van der Waals surface area contributed by atoms with E-state index >= 15 is 0 Å². The first kappa shape index (κ1) is 10.7. The van der Waals surface area contributed by atoms with Crippen molar-refractivity contribution in [3.05, 3.63) is 22.4 Å². The quantitative estimate of drug-likeness (QED) is 0.771. The predicted molar refractivity (Wildman–Crippen MR) is 62.8 cm³/mol. The van der Waals surface area contributed by atoms with Crippen molar-refractivity contribution in [2.24, 2.45) is 5.92 Å². The third-order valence-corrected chi connectivity index (χ3v) is 3.91. The van der Waals surface area contributed by atoms with Gasteiger partial charge in [0.1, 0.15) is 0 Å². The number of hydrogen-bond donors (Lipinski definition) is 0. The van der Waals surface area contributed by atoms with Gasteiger partial charge in [-0.3, -0.25) is 4.79 Å². The van der Waals surface area contributed by atoms with Gasteiger partial charge in [-0.05, 0) is 24.3 Å². The van der Waals surface area contributed by atoms with Crippen molar-refractivity contribution in [3.8, 4) is 0 Å². The van der Waals surface area contributed by atoms with Gasteiger partial charge >= 0.3 is 0 Å². The summed E-state index contributed by atoms with van der Waals surface area (Å²) in [5.74, 6) is 0.635. The Balaban J connectivity index is 1.89. The zero-order valence-corrected chi connectivity index (χ0v) is 9.93. The molecule has 2 nitrogen and oxygen atoms in total. The van der Waals surface area contributed by atoms with Crippen molar-refractivity contribution in [3.63, 3.8) is 0 Å². The normalized spacial score (nSPS) is 16.9. The molecular weight excluding hydrogens is 206 g/mol. The molecule has 1 aromatic rings. The van der Waals surface area contributed by atoms with E-state index in [1.54, 1.807) is 11.3 Å². The standard InChI is InChI=1S/C12H17NOS/c1-13(9-11-7-4-8-15-11)12(14)10-5-2-3-6-10/h4,7-8,10H,2-3,5-6,9H2,1H3. The van der Waals surface area contributed by atoms with Gasteiger partial charge in [-0.15, -0.1) is 11.3 Å². The lowest BCUT2D eigenvalue weighted by molar-refractivity contribution is -0.134. The summed E-state index contributed by atoms with van der Waals surface area (Å²) in [6.07, 6.45) is 4.63. The van der Waals surface area contributed by atoms with E-state index in [0.29, 0.717) is 11.8 Å². The molecular formula is C12H17NOS. The summed E-state index contributed by atoms with van der Waals surface area (Å²) in [6, 6.07) is 4.12. The van der Waals surface area contributed by atoms with Gasteiger partial charge in [0.2, 0.25) is 5.91 Å². The highest BCUT2D eigenvalue weighted by atomic mass is 32.1. The van der Waals surface area contributed by atoms with E-state index in [-0.39, 0.29) is 0 Å². The molecule has 1 fully saturated rings. The summed E-state index contributed by atoms with van der Waals surface area (Å²) >= 11 is 1.72. The zero-order valence-electron chi connectivity index (χ0n) is 9.11. The van der Waals surface area contributed by atoms with Crippen LogP contribution in [-0.4, -0.2) is 17.9 Å². The number of rotatable bonds is 3. The number of carbonyl (C=O) groups is 1. The summed E-state index contributed by atoms with van der Waals surface area (Å²) in [6.45, 7) is 0.771. The molecule has 2 rings (SSSR count). The second-order valence-corrected chi connectivity index (χ2v) is 5.29. The molecule has 0 aromatic carbocycles. The summed E-state index contributed by atoms with van der Waals surface area (Å²) < 4.78 is 0. The van der Waals surface area contributed by atoms with Crippen molar-refractivity contribution >= 4 is 17.2 Å². The maximum atomic E-state index is 12.0. The van der Waals surface area contributed by atoms with Crippen LogP contribution in [0.5, 0.6) is 0 Å². The van der Waals surface area contributed by atoms with Crippen LogP contribution in [0.3, 0.4) is 0 Å². The number of carbonyl (C=O) groups excluding carboxylic acids is 1. The minimum Gasteiger partial charge on any atom is -0.340 e. The van der Waals surface area contributed by atoms with E-state index in [9.17, 15) is 4.79 Å². The summed E-state index contributed by atoms with van der Waals surface area (Å²) in [4.78, 5) is 15.1. The minimum absolute atomic E-state index is 0.301. The monoisotopic (exact) mass is 223 g/mol. The van der Waals surface area contributed by atoms with Crippen LogP contribution in [0, 0.1) is 5.92 Å². The number of amides is 1. The molecule has 1 amide bonds. The SMILES string of the molecule is CN(Cc1cccs1)C(=O)C1CCCC1. The van der Waals surface area contributed by atoms with Crippen LogP contribution in [0.25, 0.3) is 0 Å². The molecule has 1 saturated carbocycles. The van der Waals surface area contributed by atoms with E-state index in [4.69, 9.17) is 0 Å². The van der Waals surface area contributed by atoms with Gasteiger partial charge in [0.15, 0.2) is 0 Å². The molecule has 15 heavy (non-hydrogen) atoms. The highest BCUT2D eigenvalue weighted by Gasteiger charge is 2.25. The van der Waals surface area contributed by atoms with Gasteiger partial charge in [0, 0.05) is 17.8 Å². The molecule has 0 N–H and O–H groups in total. The summed E-state index contributed by atoms with van der Waals surface area (Å²) in [5.41, 5.74) is 0. The second kappa shape index (κ2) is 4.79. The third-order valence-electron chi connectivity index (χ3n) is 3.05. The largest absolute Gasteiger partial charge is 0.340 e. The lowest BCUT2D eigenvalue weighted by Crippen LogP contribution is -2.30. The molecule has 1 heterocycles. The molecule has 0 unspecified atom stereocenters. The van der Waals surface area contributed by atoms with Crippen LogP contribution in [-0.2, 0) is 11.3 Å². The molecule has 1 aromatic heterocycles. The van der Waals surface area contributed by atoms with Crippen LogP contribution in [0.4, 0.5) is 0 Å². The first-order valence-corrected chi connectivity index (χ1v) is 6.42. The van der Waals surface area contributed by atoms with E-state index < -0.39 is 0 Å². The van der Waals surface area contributed by atoms with Crippen molar-refractivity contribution in [2.45, 2.75) is 32.2 Å². The summed E-state index contributed by atoms with van der Waals surface area (Å²) in [5, 5.41) is 2.06. The smallest absolute Gasteiger partial charge is 0.225 e. The maximum absolute atomic E-state index is 12.0. The fourth-order valence-electron chi connectivity index (χ4n) is 2.20.